The Morgan fingerprint density at radius 1 is 1.18 bits per heavy atom. The Bertz CT molecular complexity index is 1140. The Morgan fingerprint density at radius 2 is 1.91 bits per heavy atom. The van der Waals surface area contributed by atoms with Crippen molar-refractivity contribution in [2.45, 2.75) is 31.7 Å². The van der Waals surface area contributed by atoms with Crippen molar-refractivity contribution in [3.8, 4) is 0 Å². The number of amides is 2. The lowest BCUT2D eigenvalue weighted by atomic mass is 9.93. The van der Waals surface area contributed by atoms with Gasteiger partial charge in [-0.05, 0) is 53.1 Å². The summed E-state index contributed by atoms with van der Waals surface area (Å²) in [6.07, 6.45) is 3.08. The quantitative estimate of drug-likeness (QED) is 0.399. The largest absolute Gasteiger partial charge is 0.330 e. The Kier molecular flexibility index (Phi) is 7.58. The van der Waals surface area contributed by atoms with E-state index in [1.54, 1.807) is 34.4 Å². The van der Waals surface area contributed by atoms with Gasteiger partial charge in [0.25, 0.3) is 0 Å². The molecule has 0 N–H and O–H groups in total. The molecule has 0 fully saturated rings. The summed E-state index contributed by atoms with van der Waals surface area (Å²) in [7, 11) is 0. The first-order chi connectivity index (χ1) is 16.5. The van der Waals surface area contributed by atoms with Crippen molar-refractivity contribution in [2.75, 3.05) is 19.6 Å². The number of hydrogen-bond acceptors (Lipinski definition) is 3. The summed E-state index contributed by atoms with van der Waals surface area (Å²) in [5, 5.41) is 2.04. The molecule has 4 rings (SSSR count). The van der Waals surface area contributed by atoms with Gasteiger partial charge in [-0.3, -0.25) is 9.59 Å². The summed E-state index contributed by atoms with van der Waals surface area (Å²) in [5.74, 6) is -0.818. The van der Waals surface area contributed by atoms with E-state index in [2.05, 4.69) is 6.58 Å². The molecule has 2 heterocycles. The number of fused-ring (bicyclic) bond motifs is 1. The lowest BCUT2D eigenvalue weighted by Crippen LogP contribution is -2.47. The van der Waals surface area contributed by atoms with Gasteiger partial charge < -0.3 is 9.80 Å². The van der Waals surface area contributed by atoms with E-state index in [-0.39, 0.29) is 36.1 Å². The molecule has 1 aliphatic heterocycles. The van der Waals surface area contributed by atoms with Crippen molar-refractivity contribution in [2.24, 2.45) is 0 Å². The van der Waals surface area contributed by atoms with E-state index in [1.807, 2.05) is 53.6 Å². The highest BCUT2D eigenvalue weighted by Gasteiger charge is 2.34. The average Bonchev–Trinajstić information content (AvgIpc) is 3.34. The van der Waals surface area contributed by atoms with Gasteiger partial charge in [-0.25, -0.2) is 4.39 Å². The molecule has 4 nitrogen and oxygen atoms in total. The second-order valence-electron chi connectivity index (χ2n) is 8.47. The van der Waals surface area contributed by atoms with Crippen LogP contribution in [0.15, 0.2) is 78.7 Å². The van der Waals surface area contributed by atoms with E-state index in [9.17, 15) is 14.0 Å². The molecule has 2 amide bonds. The Morgan fingerprint density at radius 3 is 2.59 bits per heavy atom. The lowest BCUT2D eigenvalue weighted by molar-refractivity contribution is -0.142. The van der Waals surface area contributed by atoms with E-state index in [1.165, 1.54) is 17.0 Å². The van der Waals surface area contributed by atoms with Crippen molar-refractivity contribution in [3.05, 3.63) is 106 Å². The van der Waals surface area contributed by atoms with Crippen LogP contribution in [0.3, 0.4) is 0 Å². The highest BCUT2D eigenvalue weighted by Crippen LogP contribution is 2.38. The number of hydrogen-bond donors (Lipinski definition) is 0. The molecular weight excluding hydrogens is 447 g/mol. The molecule has 1 aromatic heterocycles. The van der Waals surface area contributed by atoms with Crippen LogP contribution in [0.25, 0.3) is 0 Å². The van der Waals surface area contributed by atoms with Gasteiger partial charge in [0.1, 0.15) is 12.4 Å². The zero-order chi connectivity index (χ0) is 24.1. The third-order valence-corrected chi connectivity index (χ3v) is 7.36. The number of benzene rings is 2. The fraction of sp³-hybridized carbons (Fsp3) is 0.286. The third kappa shape index (κ3) is 4.97. The molecule has 0 spiro atoms. The molecule has 0 saturated carbocycles. The summed E-state index contributed by atoms with van der Waals surface area (Å²) in [6.45, 7) is 6.62. The van der Waals surface area contributed by atoms with Crippen LogP contribution in [0.2, 0.25) is 0 Å². The van der Waals surface area contributed by atoms with Crippen molar-refractivity contribution in [3.63, 3.8) is 0 Å². The van der Waals surface area contributed by atoms with Crippen LogP contribution in [-0.2, 0) is 16.0 Å². The maximum absolute atomic E-state index is 13.6. The monoisotopic (exact) mass is 476 g/mol. The minimum absolute atomic E-state index is 0.0225. The van der Waals surface area contributed by atoms with Crippen LogP contribution in [-0.4, -0.2) is 41.2 Å². The van der Waals surface area contributed by atoms with E-state index in [4.69, 9.17) is 0 Å². The summed E-state index contributed by atoms with van der Waals surface area (Å²) in [5.41, 5.74) is 2.89. The van der Waals surface area contributed by atoms with E-state index in [0.717, 1.165) is 23.1 Å². The Balaban J connectivity index is 1.60. The van der Waals surface area contributed by atoms with Gasteiger partial charge in [-0.15, -0.1) is 17.9 Å². The van der Waals surface area contributed by atoms with Gasteiger partial charge >= 0.3 is 0 Å². The van der Waals surface area contributed by atoms with Crippen molar-refractivity contribution in [1.29, 1.82) is 0 Å². The molecule has 2 aromatic carbocycles. The first-order valence-electron chi connectivity index (χ1n) is 11.6. The summed E-state index contributed by atoms with van der Waals surface area (Å²) >= 11 is 1.68. The number of nitrogens with zero attached hydrogens (tertiary/aromatic N) is 2. The molecule has 34 heavy (non-hydrogen) atoms. The molecule has 2 atom stereocenters. The van der Waals surface area contributed by atoms with Gasteiger partial charge in [0.2, 0.25) is 11.8 Å². The Hall–Kier alpha value is -3.25. The predicted molar refractivity (Wildman–Crippen MR) is 134 cm³/mol. The van der Waals surface area contributed by atoms with Crippen molar-refractivity contribution in [1.82, 2.24) is 9.80 Å². The van der Waals surface area contributed by atoms with Crippen molar-refractivity contribution < 1.29 is 14.0 Å². The second-order valence-corrected chi connectivity index (χ2v) is 9.47. The smallest absolute Gasteiger partial charge is 0.243 e. The summed E-state index contributed by atoms with van der Waals surface area (Å²) in [6, 6.07) is 17.8. The first kappa shape index (κ1) is 23.9. The number of halogens is 1. The van der Waals surface area contributed by atoms with Gasteiger partial charge in [-0.1, -0.05) is 55.5 Å². The molecule has 2 unspecified atom stereocenters. The molecular formula is C28H29FN2O2S. The minimum atomic E-state index is -0.313. The SMILES string of the molecule is C=CCN(CC(=O)N1CCc2sccc2C1c1ccc(F)cc1)C(=O)C(CC)c1ccccc1. The Labute approximate surface area is 204 Å². The maximum atomic E-state index is 13.6. The van der Waals surface area contributed by atoms with Crippen LogP contribution in [0.1, 0.15) is 46.9 Å². The van der Waals surface area contributed by atoms with Crippen LogP contribution in [0.4, 0.5) is 4.39 Å². The van der Waals surface area contributed by atoms with Gasteiger partial charge in [0.05, 0.1) is 12.0 Å². The van der Waals surface area contributed by atoms with Gasteiger partial charge in [-0.2, -0.15) is 0 Å². The zero-order valence-corrected chi connectivity index (χ0v) is 20.1. The summed E-state index contributed by atoms with van der Waals surface area (Å²) < 4.78 is 13.6. The molecule has 3 aromatic rings. The first-order valence-corrected chi connectivity index (χ1v) is 12.5. The number of rotatable bonds is 8. The number of carbonyl (C=O) groups is 2. The van der Waals surface area contributed by atoms with E-state index < -0.39 is 0 Å². The van der Waals surface area contributed by atoms with Gasteiger partial charge in [0.15, 0.2) is 0 Å². The highest BCUT2D eigenvalue weighted by molar-refractivity contribution is 7.10. The topological polar surface area (TPSA) is 40.6 Å². The molecule has 176 valence electrons. The highest BCUT2D eigenvalue weighted by atomic mass is 32.1. The summed E-state index contributed by atoms with van der Waals surface area (Å²) in [4.78, 5) is 31.8. The molecule has 0 saturated heterocycles. The molecule has 0 aliphatic carbocycles. The zero-order valence-electron chi connectivity index (χ0n) is 19.3. The van der Waals surface area contributed by atoms with Crippen LogP contribution >= 0.6 is 11.3 Å². The maximum Gasteiger partial charge on any atom is 0.243 e. The molecule has 6 heteroatoms. The molecule has 1 aliphatic rings. The second kappa shape index (κ2) is 10.8. The van der Waals surface area contributed by atoms with E-state index in [0.29, 0.717) is 19.5 Å². The number of thiophene rings is 1. The standard InChI is InChI=1S/C28H29FN2O2S/c1-3-16-30(28(33)23(4-2)20-8-6-5-7-9-20)19-26(32)31-17-14-25-24(15-18-34-25)27(31)21-10-12-22(29)13-11-21/h3,5-13,15,18,23,27H,1,4,14,16-17,19H2,2H3. The van der Waals surface area contributed by atoms with Crippen molar-refractivity contribution >= 4 is 23.2 Å². The molecule has 0 bridgehead atoms. The molecule has 0 radical (unpaired) electrons. The average molecular weight is 477 g/mol. The van der Waals surface area contributed by atoms with Crippen LogP contribution in [0.5, 0.6) is 0 Å². The fourth-order valence-corrected chi connectivity index (χ4v) is 5.59. The van der Waals surface area contributed by atoms with E-state index >= 15 is 0 Å². The lowest BCUT2D eigenvalue weighted by Gasteiger charge is -2.38. The number of carbonyl (C=O) groups excluding carboxylic acids is 2. The predicted octanol–water partition coefficient (Wildman–Crippen LogP) is 5.57. The third-order valence-electron chi connectivity index (χ3n) is 6.37. The van der Waals surface area contributed by atoms with Crippen LogP contribution in [0, 0.1) is 5.82 Å². The van der Waals surface area contributed by atoms with Crippen LogP contribution < -0.4 is 0 Å². The van der Waals surface area contributed by atoms with Gasteiger partial charge in [0, 0.05) is 18.0 Å². The minimum Gasteiger partial charge on any atom is -0.330 e. The fourth-order valence-electron chi connectivity index (χ4n) is 4.69. The normalized spacial score (nSPS) is 15.9.